The lowest BCUT2D eigenvalue weighted by molar-refractivity contribution is 0.140. The summed E-state index contributed by atoms with van der Waals surface area (Å²) >= 11 is 0. The van der Waals surface area contributed by atoms with Crippen molar-refractivity contribution in [2.45, 2.75) is 32.4 Å². The summed E-state index contributed by atoms with van der Waals surface area (Å²) in [6.07, 6.45) is 1.48. The fraction of sp³-hybridized carbons (Fsp3) is 0.500. The van der Waals surface area contributed by atoms with Gasteiger partial charge < -0.3 is 10.8 Å². The molecule has 1 aromatic heterocycles. The van der Waals surface area contributed by atoms with Crippen LogP contribution in [-0.4, -0.2) is 45.9 Å². The van der Waals surface area contributed by atoms with Gasteiger partial charge in [-0.2, -0.15) is 5.10 Å². The van der Waals surface area contributed by atoms with Crippen molar-refractivity contribution < 1.29 is 5.11 Å². The summed E-state index contributed by atoms with van der Waals surface area (Å²) in [6.45, 7) is 5.22. The van der Waals surface area contributed by atoms with Crippen LogP contribution in [0.2, 0.25) is 0 Å². The number of benzene rings is 1. The van der Waals surface area contributed by atoms with Crippen molar-refractivity contribution in [3.63, 3.8) is 0 Å². The molecule has 1 aliphatic rings. The van der Waals surface area contributed by atoms with E-state index in [1.165, 1.54) is 11.1 Å². The molecular weight excluding hydrogens is 288 g/mol. The van der Waals surface area contributed by atoms with Crippen molar-refractivity contribution in [1.29, 1.82) is 0 Å². The number of likely N-dealkylation sites (tertiary alicyclic amines) is 1. The van der Waals surface area contributed by atoms with E-state index in [2.05, 4.69) is 45.4 Å². The van der Waals surface area contributed by atoms with E-state index in [9.17, 15) is 5.11 Å². The normalized spacial score (nSPS) is 21.9. The van der Waals surface area contributed by atoms with Crippen LogP contribution in [0.15, 0.2) is 30.3 Å². The maximum absolute atomic E-state index is 10.3. The lowest BCUT2D eigenvalue weighted by atomic mass is 10.0. The van der Waals surface area contributed by atoms with Gasteiger partial charge in [-0.05, 0) is 43.5 Å². The van der Waals surface area contributed by atoms with Crippen LogP contribution in [0.25, 0.3) is 0 Å². The number of β-amino-alcohol motifs (C(OH)–C–C–N with tert-alkyl or cyclic N) is 1. The number of aliphatic hydroxyl groups is 1. The SMILES string of the molecule is Cc1cc(C[C@@H]2CN(Cc3ccc(CCN)cc3)C[C@H]2O)n[nH]1. The van der Waals surface area contributed by atoms with Crippen molar-refractivity contribution in [3.8, 4) is 0 Å². The highest BCUT2D eigenvalue weighted by Crippen LogP contribution is 2.23. The summed E-state index contributed by atoms with van der Waals surface area (Å²) in [5.74, 6) is 0.259. The molecule has 0 bridgehead atoms. The number of aliphatic hydroxyl groups excluding tert-OH is 1. The molecule has 3 rings (SSSR count). The number of aryl methyl sites for hydroxylation is 1. The number of rotatable bonds is 6. The molecule has 0 radical (unpaired) electrons. The van der Waals surface area contributed by atoms with Crippen LogP contribution in [0.3, 0.4) is 0 Å². The highest BCUT2D eigenvalue weighted by Gasteiger charge is 2.31. The summed E-state index contributed by atoms with van der Waals surface area (Å²) in [5.41, 5.74) is 10.3. The third-order valence-electron chi connectivity index (χ3n) is 4.57. The number of nitrogens with two attached hydrogens (primary N) is 1. The summed E-state index contributed by atoms with van der Waals surface area (Å²) in [7, 11) is 0. The third kappa shape index (κ3) is 4.19. The molecule has 23 heavy (non-hydrogen) atoms. The molecule has 5 nitrogen and oxygen atoms in total. The molecule has 1 fully saturated rings. The Hall–Kier alpha value is -1.69. The molecule has 0 spiro atoms. The van der Waals surface area contributed by atoms with E-state index < -0.39 is 0 Å². The van der Waals surface area contributed by atoms with Crippen LogP contribution in [0.4, 0.5) is 0 Å². The van der Waals surface area contributed by atoms with Gasteiger partial charge in [-0.3, -0.25) is 10.00 Å². The lowest BCUT2D eigenvalue weighted by Gasteiger charge is -2.15. The Morgan fingerprint density at radius 1 is 1.26 bits per heavy atom. The van der Waals surface area contributed by atoms with E-state index in [1.807, 2.05) is 6.92 Å². The average Bonchev–Trinajstić information content (AvgIpc) is 3.08. The standard InChI is InChI=1S/C18H26N4O/c1-13-8-17(21-20-13)9-16-11-22(12-18(16)23)10-15-4-2-14(3-5-15)6-7-19/h2-5,8,16,18,23H,6-7,9-12,19H2,1H3,(H,20,21)/t16-,18-/m1/s1. The fourth-order valence-corrected chi connectivity index (χ4v) is 3.36. The van der Waals surface area contributed by atoms with E-state index in [0.717, 1.165) is 43.9 Å². The van der Waals surface area contributed by atoms with Crippen LogP contribution < -0.4 is 5.73 Å². The second kappa shape index (κ2) is 7.25. The van der Waals surface area contributed by atoms with Crippen LogP contribution >= 0.6 is 0 Å². The summed E-state index contributed by atoms with van der Waals surface area (Å²) in [6, 6.07) is 10.7. The molecule has 5 heteroatoms. The van der Waals surface area contributed by atoms with Crippen molar-refractivity contribution in [2.24, 2.45) is 11.7 Å². The van der Waals surface area contributed by atoms with Gasteiger partial charge in [-0.1, -0.05) is 24.3 Å². The quantitative estimate of drug-likeness (QED) is 0.750. The van der Waals surface area contributed by atoms with Gasteiger partial charge in [0.1, 0.15) is 0 Å². The molecule has 0 amide bonds. The Labute approximate surface area is 137 Å². The highest BCUT2D eigenvalue weighted by molar-refractivity contribution is 5.23. The van der Waals surface area contributed by atoms with Crippen LogP contribution in [0, 0.1) is 12.8 Å². The van der Waals surface area contributed by atoms with Gasteiger partial charge in [0.25, 0.3) is 0 Å². The summed E-state index contributed by atoms with van der Waals surface area (Å²) < 4.78 is 0. The van der Waals surface area contributed by atoms with Crippen LogP contribution in [0.1, 0.15) is 22.5 Å². The number of hydrogen-bond donors (Lipinski definition) is 3. The number of aromatic amines is 1. The van der Waals surface area contributed by atoms with Crippen molar-refractivity contribution in [3.05, 3.63) is 52.8 Å². The predicted octanol–water partition coefficient (Wildman–Crippen LogP) is 1.25. The van der Waals surface area contributed by atoms with Gasteiger partial charge in [0, 0.05) is 31.2 Å². The molecule has 2 heterocycles. The topological polar surface area (TPSA) is 78.2 Å². The number of hydrogen-bond acceptors (Lipinski definition) is 4. The number of nitrogens with zero attached hydrogens (tertiary/aromatic N) is 2. The van der Waals surface area contributed by atoms with Crippen molar-refractivity contribution in [1.82, 2.24) is 15.1 Å². The molecular formula is C18H26N4O. The Bertz CT molecular complexity index is 622. The molecule has 1 aromatic carbocycles. The molecule has 0 unspecified atom stereocenters. The molecule has 0 saturated carbocycles. The van der Waals surface area contributed by atoms with Gasteiger partial charge in [0.05, 0.1) is 11.8 Å². The summed E-state index contributed by atoms with van der Waals surface area (Å²) in [4.78, 5) is 2.33. The summed E-state index contributed by atoms with van der Waals surface area (Å²) in [5, 5.41) is 17.6. The first-order chi connectivity index (χ1) is 11.1. The van der Waals surface area contributed by atoms with Gasteiger partial charge in [-0.15, -0.1) is 0 Å². The van der Waals surface area contributed by atoms with Gasteiger partial charge >= 0.3 is 0 Å². The average molecular weight is 314 g/mol. The van der Waals surface area contributed by atoms with E-state index in [0.29, 0.717) is 6.54 Å². The molecule has 0 aliphatic carbocycles. The number of H-pyrrole nitrogens is 1. The molecule has 2 atom stereocenters. The zero-order valence-electron chi connectivity index (χ0n) is 13.7. The third-order valence-corrected chi connectivity index (χ3v) is 4.57. The highest BCUT2D eigenvalue weighted by atomic mass is 16.3. The molecule has 4 N–H and O–H groups in total. The Kier molecular flexibility index (Phi) is 5.10. The Morgan fingerprint density at radius 3 is 2.65 bits per heavy atom. The fourth-order valence-electron chi connectivity index (χ4n) is 3.36. The van der Waals surface area contributed by atoms with E-state index in [1.54, 1.807) is 0 Å². The molecule has 2 aromatic rings. The van der Waals surface area contributed by atoms with Gasteiger partial charge in [0.2, 0.25) is 0 Å². The molecule has 124 valence electrons. The van der Waals surface area contributed by atoms with E-state index in [-0.39, 0.29) is 12.0 Å². The monoisotopic (exact) mass is 314 g/mol. The largest absolute Gasteiger partial charge is 0.391 e. The smallest absolute Gasteiger partial charge is 0.0711 e. The van der Waals surface area contributed by atoms with Gasteiger partial charge in [0.15, 0.2) is 0 Å². The Morgan fingerprint density at radius 2 is 2.00 bits per heavy atom. The molecule has 1 saturated heterocycles. The maximum Gasteiger partial charge on any atom is 0.0711 e. The van der Waals surface area contributed by atoms with Gasteiger partial charge in [-0.25, -0.2) is 0 Å². The van der Waals surface area contributed by atoms with Crippen LogP contribution in [0.5, 0.6) is 0 Å². The minimum absolute atomic E-state index is 0.259. The second-order valence-corrected chi connectivity index (χ2v) is 6.62. The van der Waals surface area contributed by atoms with Crippen LogP contribution in [-0.2, 0) is 19.4 Å². The second-order valence-electron chi connectivity index (χ2n) is 6.62. The van der Waals surface area contributed by atoms with E-state index >= 15 is 0 Å². The predicted molar refractivity (Wildman–Crippen MR) is 91.0 cm³/mol. The van der Waals surface area contributed by atoms with Crippen molar-refractivity contribution >= 4 is 0 Å². The minimum atomic E-state index is -0.275. The maximum atomic E-state index is 10.3. The van der Waals surface area contributed by atoms with Crippen molar-refractivity contribution in [2.75, 3.05) is 19.6 Å². The zero-order chi connectivity index (χ0) is 16.2. The zero-order valence-corrected chi connectivity index (χ0v) is 13.7. The first-order valence-electron chi connectivity index (χ1n) is 8.33. The first kappa shape index (κ1) is 16.2. The Balaban J connectivity index is 1.55. The minimum Gasteiger partial charge on any atom is -0.391 e. The lowest BCUT2D eigenvalue weighted by Crippen LogP contribution is -2.21. The first-order valence-corrected chi connectivity index (χ1v) is 8.33. The number of aromatic nitrogens is 2. The molecule has 1 aliphatic heterocycles. The van der Waals surface area contributed by atoms with E-state index in [4.69, 9.17) is 5.73 Å². The number of nitrogens with one attached hydrogen (secondary N) is 1.